The van der Waals surface area contributed by atoms with E-state index in [-0.39, 0.29) is 5.92 Å². The van der Waals surface area contributed by atoms with Gasteiger partial charge in [0.05, 0.1) is 0 Å². The van der Waals surface area contributed by atoms with E-state index >= 15 is 0 Å². The molecule has 1 aliphatic carbocycles. The van der Waals surface area contributed by atoms with Gasteiger partial charge in [0.15, 0.2) is 0 Å². The number of allylic oxidation sites excluding steroid dienone is 3. The smallest absolute Gasteiger partial charge is 0.199 e. The van der Waals surface area contributed by atoms with Crippen LogP contribution >= 0.6 is 0 Å². The predicted molar refractivity (Wildman–Crippen MR) is 83.6 cm³/mol. The van der Waals surface area contributed by atoms with Gasteiger partial charge in [-0.25, -0.2) is 0 Å². The summed E-state index contributed by atoms with van der Waals surface area (Å²) in [5.74, 6) is -12.2. The zero-order valence-corrected chi connectivity index (χ0v) is 14.4. The van der Waals surface area contributed by atoms with Crippen molar-refractivity contribution in [3.63, 3.8) is 0 Å². The SMILES string of the molecule is FC(F)=C(F)C(F)(F)C(C/C=C/C1CCCCCCCCC1)C(F)(F)F. The highest BCUT2D eigenvalue weighted by Crippen LogP contribution is 2.46. The quantitative estimate of drug-likeness (QED) is 0.329. The second-order valence-electron chi connectivity index (χ2n) is 6.77. The van der Waals surface area contributed by atoms with E-state index < -0.39 is 36.3 Å². The van der Waals surface area contributed by atoms with Gasteiger partial charge in [-0.15, -0.1) is 0 Å². The highest BCUT2D eigenvalue weighted by atomic mass is 19.4. The zero-order valence-electron chi connectivity index (χ0n) is 14.4. The van der Waals surface area contributed by atoms with Crippen LogP contribution in [0.1, 0.15) is 64.2 Å². The lowest BCUT2D eigenvalue weighted by Gasteiger charge is -2.26. The monoisotopic (exact) mass is 392 g/mol. The van der Waals surface area contributed by atoms with Gasteiger partial charge in [-0.3, -0.25) is 0 Å². The average Bonchev–Trinajstić information content (AvgIpc) is 2.54. The van der Waals surface area contributed by atoms with Crippen LogP contribution in [0.3, 0.4) is 0 Å². The molecule has 26 heavy (non-hydrogen) atoms. The molecule has 1 rings (SSSR count). The first-order valence-electron chi connectivity index (χ1n) is 8.89. The number of hydrogen-bond donors (Lipinski definition) is 0. The van der Waals surface area contributed by atoms with E-state index in [0.717, 1.165) is 63.9 Å². The van der Waals surface area contributed by atoms with Crippen LogP contribution in [0.4, 0.5) is 35.1 Å². The molecule has 0 N–H and O–H groups in total. The van der Waals surface area contributed by atoms with Gasteiger partial charge in [0.2, 0.25) is 5.83 Å². The molecule has 0 aromatic rings. The maximum Gasteiger partial charge on any atom is 0.398 e. The lowest BCUT2D eigenvalue weighted by Crippen LogP contribution is -2.40. The van der Waals surface area contributed by atoms with E-state index in [2.05, 4.69) is 0 Å². The lowest BCUT2D eigenvalue weighted by molar-refractivity contribution is -0.233. The van der Waals surface area contributed by atoms with E-state index in [1.807, 2.05) is 0 Å². The Hall–Kier alpha value is -1.08. The molecule has 0 aromatic carbocycles. The molecule has 0 saturated heterocycles. The summed E-state index contributed by atoms with van der Waals surface area (Å²) in [6, 6.07) is 0. The Morgan fingerprint density at radius 1 is 0.808 bits per heavy atom. The minimum absolute atomic E-state index is 0.0334. The Morgan fingerprint density at radius 2 is 1.27 bits per heavy atom. The van der Waals surface area contributed by atoms with E-state index in [4.69, 9.17) is 0 Å². The molecule has 0 aromatic heterocycles. The molecule has 1 saturated carbocycles. The largest absolute Gasteiger partial charge is 0.398 e. The van der Waals surface area contributed by atoms with Crippen molar-refractivity contribution in [2.75, 3.05) is 0 Å². The van der Waals surface area contributed by atoms with Gasteiger partial charge in [0, 0.05) is 0 Å². The number of hydrogen-bond acceptors (Lipinski definition) is 0. The van der Waals surface area contributed by atoms with Crippen molar-refractivity contribution in [2.45, 2.75) is 76.3 Å². The Balaban J connectivity index is 2.82. The van der Waals surface area contributed by atoms with Crippen LogP contribution in [-0.4, -0.2) is 12.1 Å². The van der Waals surface area contributed by atoms with Crippen LogP contribution in [0.25, 0.3) is 0 Å². The molecule has 0 aliphatic heterocycles. The summed E-state index contributed by atoms with van der Waals surface area (Å²) >= 11 is 0. The van der Waals surface area contributed by atoms with Crippen molar-refractivity contribution in [1.82, 2.24) is 0 Å². The third-order valence-electron chi connectivity index (χ3n) is 4.72. The first kappa shape index (κ1) is 23.0. The Labute approximate surface area is 148 Å². The van der Waals surface area contributed by atoms with Gasteiger partial charge in [-0.2, -0.15) is 35.1 Å². The Morgan fingerprint density at radius 3 is 1.69 bits per heavy atom. The minimum atomic E-state index is -5.50. The third-order valence-corrected chi connectivity index (χ3v) is 4.72. The molecule has 1 fully saturated rings. The Kier molecular flexibility index (Phi) is 9.10. The molecule has 1 atom stereocenters. The molecule has 0 spiro atoms. The van der Waals surface area contributed by atoms with Crippen molar-refractivity contribution < 1.29 is 35.1 Å². The molecule has 1 unspecified atom stereocenters. The van der Waals surface area contributed by atoms with Crippen LogP contribution < -0.4 is 0 Å². The topological polar surface area (TPSA) is 0 Å². The van der Waals surface area contributed by atoms with Gasteiger partial charge < -0.3 is 0 Å². The molecular formula is C18H24F8. The molecule has 8 heteroatoms. The first-order valence-corrected chi connectivity index (χ1v) is 8.89. The Bertz CT molecular complexity index is 464. The summed E-state index contributed by atoms with van der Waals surface area (Å²) in [5, 5.41) is 0. The van der Waals surface area contributed by atoms with Crippen LogP contribution in [-0.2, 0) is 0 Å². The highest BCUT2D eigenvalue weighted by molar-refractivity contribution is 5.10. The van der Waals surface area contributed by atoms with Crippen LogP contribution in [0.5, 0.6) is 0 Å². The predicted octanol–water partition coefficient (Wildman–Crippen LogP) is 7.96. The van der Waals surface area contributed by atoms with E-state index in [1.165, 1.54) is 6.08 Å². The van der Waals surface area contributed by atoms with Gasteiger partial charge >= 0.3 is 18.2 Å². The summed E-state index contributed by atoms with van der Waals surface area (Å²) in [6.07, 6.45) is 0.885. The highest BCUT2D eigenvalue weighted by Gasteiger charge is 2.58. The summed E-state index contributed by atoms with van der Waals surface area (Å²) < 4.78 is 103. The normalized spacial score (nSPS) is 20.2. The van der Waals surface area contributed by atoms with Crippen molar-refractivity contribution in [3.8, 4) is 0 Å². The summed E-state index contributed by atoms with van der Waals surface area (Å²) in [5.41, 5.74) is 0. The standard InChI is InChI=1S/C18H24F8/c19-15(16(20)21)17(22,23)14(18(24,25)26)12-8-11-13-9-6-4-2-1-3-5-7-10-13/h8,11,13-14H,1-7,9-10,12H2/b11-8+. The third kappa shape index (κ3) is 7.27. The zero-order chi connectivity index (χ0) is 19.8. The van der Waals surface area contributed by atoms with Crippen LogP contribution in [0.15, 0.2) is 24.1 Å². The van der Waals surface area contributed by atoms with Crippen LogP contribution in [0, 0.1) is 11.8 Å². The number of halogens is 8. The second kappa shape index (κ2) is 10.3. The van der Waals surface area contributed by atoms with E-state index in [9.17, 15) is 35.1 Å². The van der Waals surface area contributed by atoms with Gasteiger partial charge in [-0.1, -0.05) is 57.1 Å². The first-order chi connectivity index (χ1) is 12.1. The lowest BCUT2D eigenvalue weighted by atomic mass is 9.90. The maximum atomic E-state index is 13.5. The van der Waals surface area contributed by atoms with Crippen molar-refractivity contribution in [1.29, 1.82) is 0 Å². The summed E-state index contributed by atoms with van der Waals surface area (Å²) in [7, 11) is 0. The molecule has 0 bridgehead atoms. The fraction of sp³-hybridized carbons (Fsp3) is 0.778. The minimum Gasteiger partial charge on any atom is -0.199 e. The van der Waals surface area contributed by atoms with Crippen molar-refractivity contribution in [3.05, 3.63) is 24.1 Å². The van der Waals surface area contributed by atoms with Crippen molar-refractivity contribution in [2.24, 2.45) is 11.8 Å². The second-order valence-corrected chi connectivity index (χ2v) is 6.77. The average molecular weight is 392 g/mol. The molecule has 152 valence electrons. The molecule has 1 aliphatic rings. The van der Waals surface area contributed by atoms with E-state index in [1.54, 1.807) is 0 Å². The van der Waals surface area contributed by atoms with Gasteiger partial charge in [0.1, 0.15) is 5.92 Å². The fourth-order valence-electron chi connectivity index (χ4n) is 3.21. The summed E-state index contributed by atoms with van der Waals surface area (Å²) in [4.78, 5) is 0. The maximum absolute atomic E-state index is 13.5. The molecule has 0 nitrogen and oxygen atoms in total. The van der Waals surface area contributed by atoms with Gasteiger partial charge in [0.25, 0.3) is 0 Å². The van der Waals surface area contributed by atoms with Gasteiger partial charge in [-0.05, 0) is 25.2 Å². The molecule has 0 amide bonds. The molecule has 0 heterocycles. The fourth-order valence-corrected chi connectivity index (χ4v) is 3.21. The van der Waals surface area contributed by atoms with Crippen LogP contribution in [0.2, 0.25) is 0 Å². The number of alkyl halides is 5. The molecular weight excluding hydrogens is 368 g/mol. The summed E-state index contributed by atoms with van der Waals surface area (Å²) in [6.45, 7) is 0. The molecule has 0 radical (unpaired) electrons. The number of rotatable bonds is 5. The van der Waals surface area contributed by atoms with E-state index in [0.29, 0.717) is 0 Å². The van der Waals surface area contributed by atoms with Crippen molar-refractivity contribution >= 4 is 0 Å².